The molecule has 2 N–H and O–H groups in total. The maximum Gasteiger partial charge on any atom is 0.281 e. The first-order valence-corrected chi connectivity index (χ1v) is 10.8. The van der Waals surface area contributed by atoms with Crippen LogP contribution in [0, 0.1) is 12.3 Å². The number of aryl methyl sites for hydroxylation is 2. The van der Waals surface area contributed by atoms with E-state index in [-0.39, 0.29) is 23.7 Å². The minimum atomic E-state index is -2.93. The molecule has 0 aliphatic carbocycles. The van der Waals surface area contributed by atoms with Crippen LogP contribution in [0.25, 0.3) is 11.3 Å². The number of anilines is 1. The van der Waals surface area contributed by atoms with Crippen LogP contribution in [-0.4, -0.2) is 26.6 Å². The monoisotopic (exact) mass is 474 g/mol. The highest BCUT2D eigenvalue weighted by atomic mass is 35.5. The number of hydrogen-bond acceptors (Lipinski definition) is 4. The Morgan fingerprint density at radius 1 is 1.21 bits per heavy atom. The SMILES string of the molecule is Cc1[nH]c(NC(=O)c2cc(CCC(=O)C(C)(C)C)cnc2C(F)F)nc1-c1cccc(Cl)c1. The number of aromatic nitrogens is 3. The number of aromatic amines is 1. The minimum Gasteiger partial charge on any atom is -0.328 e. The number of ketones is 1. The van der Waals surface area contributed by atoms with Gasteiger partial charge in [0, 0.05) is 34.3 Å². The normalized spacial score (nSPS) is 11.6. The van der Waals surface area contributed by atoms with Crippen LogP contribution in [0.15, 0.2) is 36.5 Å². The summed E-state index contributed by atoms with van der Waals surface area (Å²) in [7, 11) is 0. The van der Waals surface area contributed by atoms with Crippen molar-refractivity contribution in [3.8, 4) is 11.3 Å². The Kier molecular flexibility index (Phi) is 7.27. The van der Waals surface area contributed by atoms with Crippen molar-refractivity contribution in [3.63, 3.8) is 0 Å². The Morgan fingerprint density at radius 2 is 1.94 bits per heavy atom. The molecule has 0 fully saturated rings. The van der Waals surface area contributed by atoms with Gasteiger partial charge in [-0.1, -0.05) is 44.5 Å². The van der Waals surface area contributed by atoms with Gasteiger partial charge in [-0.25, -0.2) is 13.8 Å². The molecule has 174 valence electrons. The molecule has 0 unspecified atom stereocenters. The van der Waals surface area contributed by atoms with Crippen LogP contribution in [-0.2, 0) is 11.2 Å². The molecule has 0 aliphatic rings. The molecule has 1 amide bonds. The van der Waals surface area contributed by atoms with Crippen molar-refractivity contribution >= 4 is 29.2 Å². The number of nitrogens with zero attached hydrogens (tertiary/aromatic N) is 2. The maximum absolute atomic E-state index is 13.5. The Labute approximate surface area is 195 Å². The number of amides is 1. The third-order valence-corrected chi connectivity index (χ3v) is 5.35. The van der Waals surface area contributed by atoms with Gasteiger partial charge in [0.05, 0.1) is 11.3 Å². The van der Waals surface area contributed by atoms with Crippen molar-refractivity contribution in [3.05, 3.63) is 64.1 Å². The first-order chi connectivity index (χ1) is 15.5. The van der Waals surface area contributed by atoms with E-state index < -0.39 is 23.4 Å². The van der Waals surface area contributed by atoms with E-state index in [1.54, 1.807) is 25.1 Å². The van der Waals surface area contributed by atoms with E-state index in [9.17, 15) is 18.4 Å². The summed E-state index contributed by atoms with van der Waals surface area (Å²) in [5.74, 6) is -0.625. The number of carbonyl (C=O) groups excluding carboxylic acids is 2. The second-order valence-electron chi connectivity index (χ2n) is 8.77. The highest BCUT2D eigenvalue weighted by molar-refractivity contribution is 6.30. The number of benzene rings is 1. The number of carbonyl (C=O) groups is 2. The number of rotatable bonds is 7. The van der Waals surface area contributed by atoms with Crippen molar-refractivity contribution in [2.45, 2.75) is 47.0 Å². The van der Waals surface area contributed by atoms with Crippen molar-refractivity contribution in [2.24, 2.45) is 5.41 Å². The van der Waals surface area contributed by atoms with E-state index in [1.807, 2.05) is 26.8 Å². The fourth-order valence-corrected chi connectivity index (χ4v) is 3.45. The lowest BCUT2D eigenvalue weighted by molar-refractivity contribution is -0.126. The van der Waals surface area contributed by atoms with Gasteiger partial charge >= 0.3 is 0 Å². The van der Waals surface area contributed by atoms with E-state index >= 15 is 0 Å². The number of imidazole rings is 1. The van der Waals surface area contributed by atoms with Crippen LogP contribution >= 0.6 is 11.6 Å². The summed E-state index contributed by atoms with van der Waals surface area (Å²) in [6.45, 7) is 7.22. The molecule has 0 spiro atoms. The second-order valence-corrected chi connectivity index (χ2v) is 9.21. The largest absolute Gasteiger partial charge is 0.328 e. The summed E-state index contributed by atoms with van der Waals surface area (Å²) in [6.07, 6.45) is -1.13. The minimum absolute atomic E-state index is 0.0334. The highest BCUT2D eigenvalue weighted by Gasteiger charge is 2.24. The lowest BCUT2D eigenvalue weighted by atomic mass is 9.87. The molecule has 0 bridgehead atoms. The van der Waals surface area contributed by atoms with Crippen molar-refractivity contribution in [2.75, 3.05) is 5.32 Å². The number of H-pyrrole nitrogens is 1. The van der Waals surface area contributed by atoms with Crippen molar-refractivity contribution in [1.82, 2.24) is 15.0 Å². The average Bonchev–Trinajstić information content (AvgIpc) is 3.10. The zero-order chi connectivity index (χ0) is 24.3. The van der Waals surface area contributed by atoms with E-state index in [1.165, 1.54) is 12.3 Å². The predicted octanol–water partition coefficient (Wildman–Crippen LogP) is 6.17. The molecule has 6 nitrogen and oxygen atoms in total. The Morgan fingerprint density at radius 3 is 2.58 bits per heavy atom. The Balaban J connectivity index is 1.84. The van der Waals surface area contributed by atoms with Crippen LogP contribution < -0.4 is 5.32 Å². The highest BCUT2D eigenvalue weighted by Crippen LogP contribution is 2.27. The first-order valence-electron chi connectivity index (χ1n) is 10.4. The summed E-state index contributed by atoms with van der Waals surface area (Å²) in [4.78, 5) is 36.2. The van der Waals surface area contributed by atoms with Gasteiger partial charge < -0.3 is 4.98 Å². The molecular weight excluding hydrogens is 450 g/mol. The van der Waals surface area contributed by atoms with E-state index in [0.717, 1.165) is 5.56 Å². The van der Waals surface area contributed by atoms with Crippen LogP contribution in [0.2, 0.25) is 5.02 Å². The molecule has 0 saturated heterocycles. The van der Waals surface area contributed by atoms with Crippen LogP contribution in [0.1, 0.15) is 60.9 Å². The molecule has 9 heteroatoms. The van der Waals surface area contributed by atoms with Gasteiger partial charge in [-0.2, -0.15) is 0 Å². The van der Waals surface area contributed by atoms with Gasteiger partial charge in [0.15, 0.2) is 0 Å². The molecule has 2 aromatic heterocycles. The molecule has 0 aliphatic heterocycles. The zero-order valence-electron chi connectivity index (χ0n) is 18.8. The molecule has 1 aromatic carbocycles. The van der Waals surface area contributed by atoms with Crippen molar-refractivity contribution < 1.29 is 18.4 Å². The van der Waals surface area contributed by atoms with Gasteiger partial charge in [-0.3, -0.25) is 19.9 Å². The molecular formula is C24H25ClF2N4O2. The maximum atomic E-state index is 13.5. The average molecular weight is 475 g/mol. The smallest absolute Gasteiger partial charge is 0.281 e. The van der Waals surface area contributed by atoms with Gasteiger partial charge in [0.1, 0.15) is 11.5 Å². The van der Waals surface area contributed by atoms with E-state index in [0.29, 0.717) is 28.4 Å². The number of pyridine rings is 1. The first kappa shape index (κ1) is 24.5. The zero-order valence-corrected chi connectivity index (χ0v) is 19.6. The van der Waals surface area contributed by atoms with E-state index in [2.05, 4.69) is 20.3 Å². The summed E-state index contributed by atoms with van der Waals surface area (Å²) >= 11 is 6.04. The van der Waals surface area contributed by atoms with Gasteiger partial charge in [0.2, 0.25) is 5.95 Å². The van der Waals surface area contributed by atoms with E-state index in [4.69, 9.17) is 11.6 Å². The van der Waals surface area contributed by atoms with Crippen LogP contribution in [0.5, 0.6) is 0 Å². The van der Waals surface area contributed by atoms with Crippen LogP contribution in [0.4, 0.5) is 14.7 Å². The summed E-state index contributed by atoms with van der Waals surface area (Å²) in [6, 6.07) is 8.42. The van der Waals surface area contributed by atoms with Gasteiger partial charge in [-0.15, -0.1) is 0 Å². The third-order valence-electron chi connectivity index (χ3n) is 5.12. The Hall–Kier alpha value is -3.13. The van der Waals surface area contributed by atoms with Gasteiger partial charge in [0.25, 0.3) is 12.3 Å². The summed E-state index contributed by atoms with van der Waals surface area (Å²) in [5.41, 5.74) is 1.13. The second kappa shape index (κ2) is 9.79. The number of halogens is 3. The summed E-state index contributed by atoms with van der Waals surface area (Å²) in [5, 5.41) is 3.07. The fraction of sp³-hybridized carbons (Fsp3) is 0.333. The molecule has 0 radical (unpaired) electrons. The molecule has 3 aromatic rings. The quantitative estimate of drug-likeness (QED) is 0.428. The number of alkyl halides is 2. The Bertz CT molecular complexity index is 1190. The number of hydrogen-bond donors (Lipinski definition) is 2. The molecule has 0 atom stereocenters. The topological polar surface area (TPSA) is 87.7 Å². The molecule has 33 heavy (non-hydrogen) atoms. The fourth-order valence-electron chi connectivity index (χ4n) is 3.26. The summed E-state index contributed by atoms with van der Waals surface area (Å²) < 4.78 is 27.0. The van der Waals surface area contributed by atoms with Crippen LogP contribution in [0.3, 0.4) is 0 Å². The van der Waals surface area contributed by atoms with Crippen molar-refractivity contribution in [1.29, 1.82) is 0 Å². The molecule has 0 saturated carbocycles. The number of Topliss-reactive ketones (excluding diaryl/α,β-unsaturated/α-hetero) is 1. The molecule has 2 heterocycles. The molecule has 3 rings (SSSR count). The lowest BCUT2D eigenvalue weighted by Crippen LogP contribution is -2.21. The van der Waals surface area contributed by atoms with Gasteiger partial charge in [-0.05, 0) is 37.1 Å². The standard InChI is InChI=1S/C24H25ClF2N4O2/c1-13-19(15-6-5-7-16(25)11-15)30-23(29-13)31-22(33)17-10-14(12-28-20(17)21(26)27)8-9-18(32)24(2,3)4/h5-7,10-12,21H,8-9H2,1-4H3,(H2,29,30,31,33). The third kappa shape index (κ3) is 6.01. The predicted molar refractivity (Wildman–Crippen MR) is 124 cm³/mol. The number of nitrogens with one attached hydrogen (secondary N) is 2. The lowest BCUT2D eigenvalue weighted by Gasteiger charge is -2.16.